The lowest BCUT2D eigenvalue weighted by Gasteiger charge is -2.44. The van der Waals surface area contributed by atoms with Crippen molar-refractivity contribution < 1.29 is 23.9 Å². The fourth-order valence-electron chi connectivity index (χ4n) is 7.08. The minimum Gasteiger partial charge on any atom is -0.493 e. The number of barbiturate groups is 1. The van der Waals surface area contributed by atoms with E-state index in [0.717, 1.165) is 42.0 Å². The topological polar surface area (TPSA) is 88.2 Å². The zero-order valence-corrected chi connectivity index (χ0v) is 25.9. The molecule has 0 aliphatic carbocycles. The number of ether oxygens (including phenoxy) is 2. The van der Waals surface area contributed by atoms with Crippen LogP contribution in [-0.2, 0) is 9.59 Å². The van der Waals surface area contributed by atoms with E-state index in [-0.39, 0.29) is 17.4 Å². The average molecular weight is 614 g/mol. The molecule has 0 radical (unpaired) electrons. The first-order valence-electron chi connectivity index (χ1n) is 15.7. The molecule has 4 amide bonds. The van der Waals surface area contributed by atoms with E-state index in [4.69, 9.17) is 9.47 Å². The molecule has 0 bridgehead atoms. The minimum atomic E-state index is -0.764. The van der Waals surface area contributed by atoms with Crippen molar-refractivity contribution >= 4 is 35.3 Å². The van der Waals surface area contributed by atoms with Crippen molar-refractivity contribution in [3.63, 3.8) is 0 Å². The number of methoxy groups -OCH3 is 1. The second-order valence-corrected chi connectivity index (χ2v) is 11.8. The van der Waals surface area contributed by atoms with Gasteiger partial charge < -0.3 is 14.4 Å². The number of amides is 4. The van der Waals surface area contributed by atoms with Gasteiger partial charge >= 0.3 is 6.03 Å². The van der Waals surface area contributed by atoms with Crippen molar-refractivity contribution in [2.24, 2.45) is 0 Å². The number of rotatable bonds is 7. The van der Waals surface area contributed by atoms with Crippen molar-refractivity contribution in [2.75, 3.05) is 36.6 Å². The average Bonchev–Trinajstić information content (AvgIpc) is 3.08. The standard InChI is InChI=1S/C38H35N3O5/c1-3-46-33-15-14-24(21-34(33)45-2)20-32-36(42)39-38(44)41(37(32)43)27-22-30-28(25-10-6-4-7-11-25)16-18-40-19-17-29(31(23-27)35(30)40)26-12-8-5-9-13-26/h4-15,20-23,28-29H,3,16-19H2,1-2H3,(H,39,42,44)/b32-20+/t28-,29-/m1/s1. The minimum absolute atomic E-state index is 0.0941. The highest BCUT2D eigenvalue weighted by Gasteiger charge is 2.40. The fraction of sp³-hybridized carbons (Fsp3) is 0.237. The summed E-state index contributed by atoms with van der Waals surface area (Å²) < 4.78 is 11.1. The van der Waals surface area contributed by atoms with Crippen molar-refractivity contribution in [1.29, 1.82) is 0 Å². The second-order valence-electron chi connectivity index (χ2n) is 11.8. The number of benzene rings is 4. The van der Waals surface area contributed by atoms with Gasteiger partial charge in [0.05, 0.1) is 19.4 Å². The van der Waals surface area contributed by atoms with E-state index >= 15 is 0 Å². The molecule has 232 valence electrons. The third-order valence-corrected chi connectivity index (χ3v) is 9.16. The Hall–Kier alpha value is -5.37. The summed E-state index contributed by atoms with van der Waals surface area (Å²) in [7, 11) is 1.53. The van der Waals surface area contributed by atoms with E-state index in [1.54, 1.807) is 18.2 Å². The zero-order valence-electron chi connectivity index (χ0n) is 25.9. The number of carbonyl (C=O) groups is 3. The van der Waals surface area contributed by atoms with Crippen LogP contribution in [0.5, 0.6) is 11.5 Å². The molecule has 3 aliphatic heterocycles. The number of nitrogens with one attached hydrogen (secondary N) is 1. The summed E-state index contributed by atoms with van der Waals surface area (Å²) in [5, 5.41) is 2.41. The first kappa shape index (κ1) is 29.3. The molecule has 0 saturated carbocycles. The molecule has 46 heavy (non-hydrogen) atoms. The number of urea groups is 1. The monoisotopic (exact) mass is 613 g/mol. The van der Waals surface area contributed by atoms with Crippen LogP contribution in [0.2, 0.25) is 0 Å². The number of carbonyl (C=O) groups excluding carboxylic acids is 3. The molecule has 1 saturated heterocycles. The summed E-state index contributed by atoms with van der Waals surface area (Å²) >= 11 is 0. The molecule has 0 spiro atoms. The van der Waals surface area contributed by atoms with Gasteiger partial charge in [-0.2, -0.15) is 0 Å². The molecular weight excluding hydrogens is 578 g/mol. The van der Waals surface area contributed by atoms with E-state index in [0.29, 0.717) is 29.4 Å². The molecule has 1 fully saturated rings. The van der Waals surface area contributed by atoms with E-state index < -0.39 is 17.8 Å². The molecule has 3 heterocycles. The lowest BCUT2D eigenvalue weighted by Crippen LogP contribution is -2.54. The third kappa shape index (κ3) is 5.19. The van der Waals surface area contributed by atoms with Crippen molar-refractivity contribution in [2.45, 2.75) is 31.6 Å². The summed E-state index contributed by atoms with van der Waals surface area (Å²) in [6.07, 6.45) is 3.32. The fourth-order valence-corrected chi connectivity index (χ4v) is 7.08. The molecule has 7 rings (SSSR count). The van der Waals surface area contributed by atoms with Gasteiger partial charge in [-0.3, -0.25) is 14.9 Å². The van der Waals surface area contributed by atoms with E-state index in [2.05, 4.69) is 34.5 Å². The van der Waals surface area contributed by atoms with Crippen LogP contribution in [0.1, 0.15) is 59.4 Å². The van der Waals surface area contributed by atoms with Crippen LogP contribution >= 0.6 is 0 Å². The first-order chi connectivity index (χ1) is 22.5. The predicted molar refractivity (Wildman–Crippen MR) is 178 cm³/mol. The van der Waals surface area contributed by atoms with Gasteiger partial charge in [0.1, 0.15) is 5.57 Å². The summed E-state index contributed by atoms with van der Waals surface area (Å²) in [4.78, 5) is 44.3. The number of imide groups is 2. The Labute approximate surface area is 268 Å². The lowest BCUT2D eigenvalue weighted by molar-refractivity contribution is -0.122. The highest BCUT2D eigenvalue weighted by atomic mass is 16.5. The van der Waals surface area contributed by atoms with Crippen LogP contribution in [0, 0.1) is 0 Å². The Morgan fingerprint density at radius 1 is 0.804 bits per heavy atom. The van der Waals surface area contributed by atoms with Crippen LogP contribution in [0.15, 0.2) is 96.6 Å². The van der Waals surface area contributed by atoms with Gasteiger partial charge in [0.2, 0.25) is 0 Å². The smallest absolute Gasteiger partial charge is 0.335 e. The highest BCUT2D eigenvalue weighted by Crippen LogP contribution is 2.50. The van der Waals surface area contributed by atoms with Crippen LogP contribution in [-0.4, -0.2) is 44.7 Å². The van der Waals surface area contributed by atoms with E-state index in [9.17, 15) is 14.4 Å². The van der Waals surface area contributed by atoms with Gasteiger partial charge in [0, 0.05) is 30.6 Å². The largest absolute Gasteiger partial charge is 0.493 e. The highest BCUT2D eigenvalue weighted by molar-refractivity contribution is 6.39. The normalized spacial score (nSPS) is 20.0. The van der Waals surface area contributed by atoms with Gasteiger partial charge in [-0.15, -0.1) is 0 Å². The SMILES string of the molecule is CCOc1ccc(/C=C2\C(=O)NC(=O)N(c3cc4c5c(c3)[C@@H](c3ccccc3)CCN5CC[C@@H]4c3ccccc3)C2=O)cc1OC. The van der Waals surface area contributed by atoms with Gasteiger partial charge in [0.25, 0.3) is 11.8 Å². The third-order valence-electron chi connectivity index (χ3n) is 9.16. The summed E-state index contributed by atoms with van der Waals surface area (Å²) in [6, 6.07) is 29.1. The molecule has 1 N–H and O–H groups in total. The molecule has 8 heteroatoms. The van der Waals surface area contributed by atoms with Crippen LogP contribution in [0.4, 0.5) is 16.2 Å². The van der Waals surface area contributed by atoms with Crippen LogP contribution in [0.25, 0.3) is 6.08 Å². The van der Waals surface area contributed by atoms with Gasteiger partial charge in [0.15, 0.2) is 11.5 Å². The Kier molecular flexibility index (Phi) is 7.78. The number of nitrogens with zero attached hydrogens (tertiary/aromatic N) is 2. The van der Waals surface area contributed by atoms with Crippen molar-refractivity contribution in [1.82, 2.24) is 5.32 Å². The van der Waals surface area contributed by atoms with E-state index in [1.165, 1.54) is 30.0 Å². The van der Waals surface area contributed by atoms with Crippen LogP contribution in [0.3, 0.4) is 0 Å². The molecule has 0 unspecified atom stereocenters. The maximum absolute atomic E-state index is 14.1. The molecule has 3 aliphatic rings. The Morgan fingerprint density at radius 2 is 1.41 bits per heavy atom. The van der Waals surface area contributed by atoms with Crippen LogP contribution < -0.4 is 24.6 Å². The van der Waals surface area contributed by atoms with Crippen molar-refractivity contribution in [3.05, 3.63) is 124 Å². The second kappa shape index (κ2) is 12.2. The molecule has 4 aromatic rings. The van der Waals surface area contributed by atoms with Gasteiger partial charge in [-0.05, 0) is 77.9 Å². The maximum atomic E-state index is 14.1. The van der Waals surface area contributed by atoms with Gasteiger partial charge in [-0.25, -0.2) is 9.69 Å². The number of hydrogen-bond acceptors (Lipinski definition) is 6. The maximum Gasteiger partial charge on any atom is 0.335 e. The van der Waals surface area contributed by atoms with Crippen molar-refractivity contribution in [3.8, 4) is 11.5 Å². The number of hydrogen-bond donors (Lipinski definition) is 1. The number of anilines is 2. The Bertz CT molecular complexity index is 1780. The molecule has 8 nitrogen and oxygen atoms in total. The molecule has 2 atom stereocenters. The predicted octanol–water partition coefficient (Wildman–Crippen LogP) is 6.64. The quantitative estimate of drug-likeness (QED) is 0.186. The van der Waals surface area contributed by atoms with Gasteiger partial charge in [-0.1, -0.05) is 66.7 Å². The van der Waals surface area contributed by atoms with E-state index in [1.807, 2.05) is 55.5 Å². The molecule has 0 aromatic heterocycles. The Balaban J connectivity index is 1.36. The molecule has 4 aromatic carbocycles. The summed E-state index contributed by atoms with van der Waals surface area (Å²) in [5.74, 6) is -0.196. The first-order valence-corrected chi connectivity index (χ1v) is 15.7. The summed E-state index contributed by atoms with van der Waals surface area (Å²) in [6.45, 7) is 4.20. The Morgan fingerprint density at radius 3 is 1.98 bits per heavy atom. The summed E-state index contributed by atoms with van der Waals surface area (Å²) in [5.41, 5.74) is 6.62. The lowest BCUT2D eigenvalue weighted by atomic mass is 9.76. The molecular formula is C38H35N3O5. The zero-order chi connectivity index (χ0) is 31.8.